The van der Waals surface area contributed by atoms with Gasteiger partial charge >= 0.3 is 6.18 Å². The maximum Gasteiger partial charge on any atom is 0.410 e. The summed E-state index contributed by atoms with van der Waals surface area (Å²) in [6, 6.07) is -2.11. The number of carbonyl (C=O) groups excluding carboxylic acids is 1. The fraction of sp³-hybridized carbons (Fsp3) is 0.364. The molecule has 0 aliphatic heterocycles. The van der Waals surface area contributed by atoms with E-state index in [1.54, 1.807) is 6.92 Å². The Bertz CT molecular complexity index is 655. The highest BCUT2D eigenvalue weighted by Crippen LogP contribution is 2.28. The third-order valence-corrected chi connectivity index (χ3v) is 3.31. The van der Waals surface area contributed by atoms with Gasteiger partial charge in [0.05, 0.1) is 16.8 Å². The molecular formula is C11H10ClF3N4O. The molecule has 2 heterocycles. The first-order valence-corrected chi connectivity index (χ1v) is 5.90. The minimum absolute atomic E-state index is 0.0337. The Morgan fingerprint density at radius 2 is 2.10 bits per heavy atom. The molecule has 20 heavy (non-hydrogen) atoms. The number of alkyl halides is 3. The summed E-state index contributed by atoms with van der Waals surface area (Å²) >= 11 is 5.53. The van der Waals surface area contributed by atoms with Gasteiger partial charge in [0.2, 0.25) is 0 Å². The van der Waals surface area contributed by atoms with Crippen LogP contribution in [0.5, 0.6) is 0 Å². The van der Waals surface area contributed by atoms with Crippen LogP contribution in [0.3, 0.4) is 0 Å². The van der Waals surface area contributed by atoms with Gasteiger partial charge in [0.15, 0.2) is 0 Å². The fourth-order valence-electron chi connectivity index (χ4n) is 1.69. The molecule has 2 aromatic rings. The van der Waals surface area contributed by atoms with Crippen molar-refractivity contribution in [2.75, 3.05) is 0 Å². The molecule has 0 fully saturated rings. The van der Waals surface area contributed by atoms with Crippen molar-refractivity contribution in [3.05, 3.63) is 30.1 Å². The van der Waals surface area contributed by atoms with Crippen LogP contribution in [0.2, 0.25) is 0 Å². The van der Waals surface area contributed by atoms with Gasteiger partial charge < -0.3 is 0 Å². The molecule has 5 nitrogen and oxygen atoms in total. The molecule has 0 radical (unpaired) electrons. The highest BCUT2D eigenvalue weighted by Gasteiger charge is 2.42. The van der Waals surface area contributed by atoms with Crippen molar-refractivity contribution in [1.82, 2.24) is 18.8 Å². The van der Waals surface area contributed by atoms with E-state index in [0.717, 1.165) is 6.92 Å². The maximum atomic E-state index is 12.6. The van der Waals surface area contributed by atoms with Crippen LogP contribution < -0.4 is 0 Å². The largest absolute Gasteiger partial charge is 0.410 e. The van der Waals surface area contributed by atoms with Crippen LogP contribution in [0.15, 0.2) is 18.9 Å². The smallest absolute Gasteiger partial charge is 0.289 e. The van der Waals surface area contributed by atoms with Gasteiger partial charge in [0, 0.05) is 18.0 Å². The number of rotatable bonds is 2. The van der Waals surface area contributed by atoms with Gasteiger partial charge in [0.1, 0.15) is 18.7 Å². The molecule has 0 bridgehead atoms. The Balaban J connectivity index is 2.44. The number of aryl methyl sites for hydroxylation is 1. The summed E-state index contributed by atoms with van der Waals surface area (Å²) in [5, 5.41) is 0. The first-order valence-electron chi connectivity index (χ1n) is 5.56. The second kappa shape index (κ2) is 4.93. The zero-order valence-corrected chi connectivity index (χ0v) is 11.3. The third-order valence-electron chi connectivity index (χ3n) is 2.86. The minimum Gasteiger partial charge on any atom is -0.289 e. The highest BCUT2D eigenvalue weighted by atomic mass is 35.5. The number of nitrogens with zero attached hydrogens (tertiary/aromatic N) is 4. The standard InChI is InChI=1S/C11H10ClF3N4O/c1-6-9-8(3-16-4-18(9)5-17-6)10(20)19(12)7(2)11(13,14)15/h3-5,7H,1-2H3. The number of imidazole rings is 1. The third kappa shape index (κ3) is 2.43. The lowest BCUT2D eigenvalue weighted by Crippen LogP contribution is -2.41. The number of carbonyl (C=O) groups is 1. The van der Waals surface area contributed by atoms with Gasteiger partial charge in [-0.05, 0) is 13.8 Å². The van der Waals surface area contributed by atoms with Gasteiger partial charge in [0.25, 0.3) is 5.91 Å². The van der Waals surface area contributed by atoms with Crippen molar-refractivity contribution in [1.29, 1.82) is 0 Å². The molecule has 0 N–H and O–H groups in total. The molecule has 0 aliphatic carbocycles. The number of fused-ring (bicyclic) bond motifs is 1. The summed E-state index contributed by atoms with van der Waals surface area (Å²) in [7, 11) is 0. The SMILES string of the molecule is Cc1ncn2cncc(C(=O)N(Cl)C(C)C(F)(F)F)c12. The Labute approximate surface area is 117 Å². The molecule has 0 saturated heterocycles. The summed E-state index contributed by atoms with van der Waals surface area (Å²) in [6.45, 7) is 2.44. The molecule has 0 saturated carbocycles. The molecule has 1 atom stereocenters. The van der Waals surface area contributed by atoms with E-state index < -0.39 is 18.1 Å². The Kier molecular flexibility index (Phi) is 3.59. The minimum atomic E-state index is -4.61. The van der Waals surface area contributed by atoms with Crippen molar-refractivity contribution in [2.24, 2.45) is 0 Å². The van der Waals surface area contributed by atoms with Gasteiger partial charge in [-0.15, -0.1) is 0 Å². The van der Waals surface area contributed by atoms with E-state index in [1.807, 2.05) is 0 Å². The van der Waals surface area contributed by atoms with Crippen molar-refractivity contribution in [3.8, 4) is 0 Å². The second-order valence-corrected chi connectivity index (χ2v) is 4.59. The molecule has 0 aliphatic rings. The van der Waals surface area contributed by atoms with Gasteiger partial charge in [-0.3, -0.25) is 9.20 Å². The predicted octanol–water partition coefficient (Wildman–Crippen LogP) is 2.58. The van der Waals surface area contributed by atoms with E-state index in [9.17, 15) is 18.0 Å². The first-order chi connectivity index (χ1) is 9.23. The summed E-state index contributed by atoms with van der Waals surface area (Å²) < 4.78 is 39.4. The van der Waals surface area contributed by atoms with Crippen molar-refractivity contribution < 1.29 is 18.0 Å². The first kappa shape index (κ1) is 14.6. The summed E-state index contributed by atoms with van der Waals surface area (Å²) in [6.07, 6.45) is -0.617. The Hall–Kier alpha value is -1.83. The zero-order chi connectivity index (χ0) is 15.1. The van der Waals surface area contributed by atoms with Crippen molar-refractivity contribution in [3.63, 3.8) is 0 Å². The molecule has 9 heteroatoms. The van der Waals surface area contributed by atoms with Crippen molar-refractivity contribution in [2.45, 2.75) is 26.1 Å². The molecule has 0 aromatic carbocycles. The van der Waals surface area contributed by atoms with Crippen LogP contribution >= 0.6 is 11.8 Å². The average Bonchev–Trinajstić information content (AvgIpc) is 2.77. The molecule has 0 spiro atoms. The second-order valence-electron chi connectivity index (χ2n) is 4.23. The Morgan fingerprint density at radius 3 is 2.70 bits per heavy atom. The van der Waals surface area contributed by atoms with Gasteiger partial charge in [-0.1, -0.05) is 0 Å². The van der Waals surface area contributed by atoms with E-state index in [2.05, 4.69) is 9.97 Å². The number of hydrogen-bond acceptors (Lipinski definition) is 3. The van der Waals surface area contributed by atoms with Crippen LogP contribution in [0, 0.1) is 6.92 Å². The lowest BCUT2D eigenvalue weighted by molar-refractivity contribution is -0.161. The Morgan fingerprint density at radius 1 is 1.45 bits per heavy atom. The lowest BCUT2D eigenvalue weighted by atomic mass is 10.2. The number of aromatic nitrogens is 3. The van der Waals surface area contributed by atoms with E-state index in [4.69, 9.17) is 11.8 Å². The lowest BCUT2D eigenvalue weighted by Gasteiger charge is -2.24. The average molecular weight is 307 g/mol. The van der Waals surface area contributed by atoms with E-state index in [1.165, 1.54) is 23.3 Å². The van der Waals surface area contributed by atoms with Gasteiger partial charge in [-0.2, -0.15) is 13.2 Å². The zero-order valence-electron chi connectivity index (χ0n) is 10.5. The molecule has 2 aromatic heterocycles. The highest BCUT2D eigenvalue weighted by molar-refractivity contribution is 6.25. The van der Waals surface area contributed by atoms with Crippen LogP contribution in [0.1, 0.15) is 23.0 Å². The summed E-state index contributed by atoms with van der Waals surface area (Å²) in [4.78, 5) is 19.9. The topological polar surface area (TPSA) is 50.5 Å². The van der Waals surface area contributed by atoms with Crippen LogP contribution in [-0.2, 0) is 0 Å². The molecule has 1 amide bonds. The predicted molar refractivity (Wildman–Crippen MR) is 65.3 cm³/mol. The van der Waals surface area contributed by atoms with E-state index in [-0.39, 0.29) is 9.98 Å². The van der Waals surface area contributed by atoms with Crippen LogP contribution in [0.4, 0.5) is 13.2 Å². The number of hydrogen-bond donors (Lipinski definition) is 0. The van der Waals surface area contributed by atoms with E-state index in [0.29, 0.717) is 11.2 Å². The van der Waals surface area contributed by atoms with Crippen LogP contribution in [-0.4, -0.2) is 36.9 Å². The molecule has 108 valence electrons. The van der Waals surface area contributed by atoms with Gasteiger partial charge in [-0.25, -0.2) is 14.4 Å². The quantitative estimate of drug-likeness (QED) is 0.801. The van der Waals surface area contributed by atoms with E-state index >= 15 is 0 Å². The molecule has 2 rings (SSSR count). The maximum absolute atomic E-state index is 12.6. The number of amides is 1. The van der Waals surface area contributed by atoms with Crippen molar-refractivity contribution >= 4 is 23.2 Å². The summed E-state index contributed by atoms with van der Waals surface area (Å²) in [5.41, 5.74) is 0.846. The summed E-state index contributed by atoms with van der Waals surface area (Å²) in [5.74, 6) is -0.974. The number of halogens is 4. The molecular weight excluding hydrogens is 297 g/mol. The fourth-order valence-corrected chi connectivity index (χ4v) is 1.89. The molecule has 1 unspecified atom stereocenters. The normalized spacial score (nSPS) is 13.5. The van der Waals surface area contributed by atoms with Crippen LogP contribution in [0.25, 0.3) is 5.52 Å². The monoisotopic (exact) mass is 306 g/mol.